The van der Waals surface area contributed by atoms with E-state index >= 15 is 0 Å². The number of amides is 3. The molecule has 9 heteroatoms. The van der Waals surface area contributed by atoms with Crippen molar-refractivity contribution < 1.29 is 29.3 Å². The summed E-state index contributed by atoms with van der Waals surface area (Å²) in [5, 5.41) is 26.3. The zero-order chi connectivity index (χ0) is 26.3. The molecular formula is C26H41N3O6. The SMILES string of the molecule is Cc1cccc(C(C(=O)NC2CCCCC2)N(C(=O)C(CO)NC(=O)OC(C)(C)C)C(C)C)c1O. The van der Waals surface area contributed by atoms with Gasteiger partial charge in [0.1, 0.15) is 23.4 Å². The number of alkyl carbamates (subject to hydrolysis) is 1. The van der Waals surface area contributed by atoms with Crippen LogP contribution in [0.15, 0.2) is 18.2 Å². The largest absolute Gasteiger partial charge is 0.507 e. The molecule has 1 saturated carbocycles. The zero-order valence-corrected chi connectivity index (χ0v) is 21.8. The molecule has 9 nitrogen and oxygen atoms in total. The number of nitrogens with one attached hydrogen (secondary N) is 2. The van der Waals surface area contributed by atoms with Gasteiger partial charge in [0.2, 0.25) is 11.8 Å². The smallest absolute Gasteiger partial charge is 0.408 e. The van der Waals surface area contributed by atoms with Crippen molar-refractivity contribution in [1.29, 1.82) is 0 Å². The van der Waals surface area contributed by atoms with Crippen molar-refractivity contribution in [2.24, 2.45) is 0 Å². The number of aliphatic hydroxyl groups excluding tert-OH is 1. The maximum Gasteiger partial charge on any atom is 0.408 e. The van der Waals surface area contributed by atoms with Crippen molar-refractivity contribution in [2.45, 2.75) is 103 Å². The summed E-state index contributed by atoms with van der Waals surface area (Å²) in [5.74, 6) is -1.14. The van der Waals surface area contributed by atoms with Crippen molar-refractivity contribution in [3.05, 3.63) is 29.3 Å². The number of aryl methyl sites for hydroxylation is 1. The Balaban J connectivity index is 2.44. The average molecular weight is 492 g/mol. The molecule has 2 rings (SSSR count). The Hall–Kier alpha value is -2.81. The molecule has 196 valence electrons. The van der Waals surface area contributed by atoms with Gasteiger partial charge < -0.3 is 30.5 Å². The average Bonchev–Trinajstić information content (AvgIpc) is 2.76. The van der Waals surface area contributed by atoms with Crippen LogP contribution in [-0.2, 0) is 14.3 Å². The summed E-state index contributed by atoms with van der Waals surface area (Å²) in [6, 6.07) is 2.07. The highest BCUT2D eigenvalue weighted by Gasteiger charge is 2.39. The summed E-state index contributed by atoms with van der Waals surface area (Å²) in [7, 11) is 0. The number of hydrogen-bond donors (Lipinski definition) is 4. The van der Waals surface area contributed by atoms with E-state index in [0.29, 0.717) is 5.56 Å². The summed E-state index contributed by atoms with van der Waals surface area (Å²) in [5.41, 5.74) is 0.0646. The third kappa shape index (κ3) is 7.85. The lowest BCUT2D eigenvalue weighted by atomic mass is 9.94. The van der Waals surface area contributed by atoms with Crippen LogP contribution in [0, 0.1) is 6.92 Å². The molecule has 1 aromatic rings. The van der Waals surface area contributed by atoms with Gasteiger partial charge in [0.15, 0.2) is 0 Å². The molecule has 1 aliphatic rings. The number of nitrogens with zero attached hydrogens (tertiary/aromatic N) is 1. The van der Waals surface area contributed by atoms with Crippen LogP contribution >= 0.6 is 0 Å². The number of carbonyl (C=O) groups is 3. The Morgan fingerprint density at radius 2 is 1.77 bits per heavy atom. The van der Waals surface area contributed by atoms with Gasteiger partial charge in [-0.1, -0.05) is 37.5 Å². The highest BCUT2D eigenvalue weighted by molar-refractivity contribution is 5.93. The molecule has 1 fully saturated rings. The van der Waals surface area contributed by atoms with Gasteiger partial charge in [-0.15, -0.1) is 0 Å². The zero-order valence-electron chi connectivity index (χ0n) is 21.8. The van der Waals surface area contributed by atoms with Crippen LogP contribution < -0.4 is 10.6 Å². The molecule has 3 amide bonds. The van der Waals surface area contributed by atoms with Gasteiger partial charge >= 0.3 is 6.09 Å². The minimum Gasteiger partial charge on any atom is -0.507 e. The lowest BCUT2D eigenvalue weighted by Gasteiger charge is -2.38. The predicted octanol–water partition coefficient (Wildman–Crippen LogP) is 3.31. The summed E-state index contributed by atoms with van der Waals surface area (Å²) < 4.78 is 5.24. The van der Waals surface area contributed by atoms with Crippen LogP contribution in [0.3, 0.4) is 0 Å². The van der Waals surface area contributed by atoms with Crippen molar-refractivity contribution in [1.82, 2.24) is 15.5 Å². The normalized spacial score (nSPS) is 16.3. The lowest BCUT2D eigenvalue weighted by molar-refractivity contribution is -0.145. The van der Waals surface area contributed by atoms with E-state index in [-0.39, 0.29) is 17.4 Å². The number of carbonyl (C=O) groups excluding carboxylic acids is 3. The van der Waals surface area contributed by atoms with Gasteiger partial charge in [-0.25, -0.2) is 4.79 Å². The van der Waals surface area contributed by atoms with E-state index in [4.69, 9.17) is 4.74 Å². The van der Waals surface area contributed by atoms with Gasteiger partial charge in [-0.05, 0) is 59.9 Å². The van der Waals surface area contributed by atoms with Crippen LogP contribution in [0.25, 0.3) is 0 Å². The van der Waals surface area contributed by atoms with E-state index in [1.165, 1.54) is 4.90 Å². The Bertz CT molecular complexity index is 890. The number of benzene rings is 1. The molecule has 1 aliphatic carbocycles. The van der Waals surface area contributed by atoms with Crippen molar-refractivity contribution in [3.8, 4) is 5.75 Å². The Kier molecular flexibility index (Phi) is 9.94. The first-order valence-corrected chi connectivity index (χ1v) is 12.4. The van der Waals surface area contributed by atoms with Gasteiger partial charge in [0.25, 0.3) is 0 Å². The lowest BCUT2D eigenvalue weighted by Crippen LogP contribution is -2.56. The molecule has 0 heterocycles. The van der Waals surface area contributed by atoms with E-state index in [1.807, 2.05) is 0 Å². The standard InChI is InChI=1S/C26H41N3O6/c1-16(2)29(24(33)20(15-30)28-25(34)35-26(4,5)6)21(19-14-10-11-17(3)22(19)31)23(32)27-18-12-8-7-9-13-18/h10-11,14,16,18,20-21,30-31H,7-9,12-13,15H2,1-6H3,(H,27,32)(H,28,34). The van der Waals surface area contributed by atoms with Crippen LogP contribution in [0.1, 0.15) is 83.9 Å². The van der Waals surface area contributed by atoms with Gasteiger partial charge in [-0.2, -0.15) is 0 Å². The topological polar surface area (TPSA) is 128 Å². The molecule has 4 N–H and O–H groups in total. The van der Waals surface area contributed by atoms with Gasteiger partial charge in [0, 0.05) is 17.6 Å². The van der Waals surface area contributed by atoms with Crippen molar-refractivity contribution in [2.75, 3.05) is 6.61 Å². The fourth-order valence-electron chi connectivity index (χ4n) is 4.34. The Morgan fingerprint density at radius 1 is 1.14 bits per heavy atom. The molecule has 1 aromatic carbocycles. The number of aliphatic hydroxyl groups is 1. The quantitative estimate of drug-likeness (QED) is 0.442. The minimum absolute atomic E-state index is 0.0108. The first-order valence-electron chi connectivity index (χ1n) is 12.4. The number of ether oxygens (including phenoxy) is 1. The van der Waals surface area contributed by atoms with E-state index in [1.54, 1.807) is 59.7 Å². The second-order valence-electron chi connectivity index (χ2n) is 10.5. The maximum atomic E-state index is 13.7. The number of para-hydroxylation sites is 1. The Morgan fingerprint density at radius 3 is 2.31 bits per heavy atom. The molecule has 2 atom stereocenters. The van der Waals surface area contributed by atoms with Crippen molar-refractivity contribution in [3.63, 3.8) is 0 Å². The number of rotatable bonds is 8. The molecular weight excluding hydrogens is 450 g/mol. The van der Waals surface area contributed by atoms with Crippen LogP contribution in [-0.4, -0.2) is 63.4 Å². The van der Waals surface area contributed by atoms with Crippen LogP contribution in [0.2, 0.25) is 0 Å². The molecule has 0 aliphatic heterocycles. The number of phenols is 1. The third-order valence-electron chi connectivity index (χ3n) is 6.02. The first-order chi connectivity index (χ1) is 16.4. The molecule has 35 heavy (non-hydrogen) atoms. The fraction of sp³-hybridized carbons (Fsp3) is 0.654. The number of aromatic hydroxyl groups is 1. The third-order valence-corrected chi connectivity index (χ3v) is 6.02. The molecule has 0 bridgehead atoms. The van der Waals surface area contributed by atoms with E-state index in [2.05, 4.69) is 10.6 Å². The van der Waals surface area contributed by atoms with E-state index in [0.717, 1.165) is 32.1 Å². The Labute approximate surface area is 208 Å². The summed E-state index contributed by atoms with van der Waals surface area (Å²) >= 11 is 0. The summed E-state index contributed by atoms with van der Waals surface area (Å²) in [4.78, 5) is 41.0. The first kappa shape index (κ1) is 28.4. The minimum atomic E-state index is -1.33. The van der Waals surface area contributed by atoms with Gasteiger partial charge in [0.05, 0.1) is 6.61 Å². The van der Waals surface area contributed by atoms with Crippen LogP contribution in [0.5, 0.6) is 5.75 Å². The predicted molar refractivity (Wildman–Crippen MR) is 133 cm³/mol. The molecule has 0 aromatic heterocycles. The highest BCUT2D eigenvalue weighted by atomic mass is 16.6. The summed E-state index contributed by atoms with van der Waals surface area (Å²) in [6.45, 7) is 9.59. The van der Waals surface area contributed by atoms with E-state index in [9.17, 15) is 24.6 Å². The van der Waals surface area contributed by atoms with Crippen LogP contribution in [0.4, 0.5) is 4.79 Å². The fourth-order valence-corrected chi connectivity index (χ4v) is 4.34. The molecule has 2 unspecified atom stereocenters. The molecule has 0 radical (unpaired) electrons. The highest BCUT2D eigenvalue weighted by Crippen LogP contribution is 2.34. The summed E-state index contributed by atoms with van der Waals surface area (Å²) in [6.07, 6.45) is 4.02. The monoisotopic (exact) mass is 491 g/mol. The number of phenolic OH excluding ortho intramolecular Hbond substituents is 1. The van der Waals surface area contributed by atoms with Gasteiger partial charge in [-0.3, -0.25) is 9.59 Å². The van der Waals surface area contributed by atoms with Crippen molar-refractivity contribution >= 4 is 17.9 Å². The second kappa shape index (κ2) is 12.2. The maximum absolute atomic E-state index is 13.7. The second-order valence-corrected chi connectivity index (χ2v) is 10.5. The molecule has 0 spiro atoms. The molecule has 0 saturated heterocycles. The van der Waals surface area contributed by atoms with E-state index < -0.39 is 48.2 Å². The number of hydrogen-bond acceptors (Lipinski definition) is 6.